The lowest BCUT2D eigenvalue weighted by Gasteiger charge is -2.11. The van der Waals surface area contributed by atoms with Gasteiger partial charge in [-0.05, 0) is 67.3 Å². The Balaban J connectivity index is 1.45. The number of sulfonamides is 1. The number of nitrogens with one attached hydrogen (secondary N) is 2. The number of rotatable bonds is 11. The average Bonchev–Trinajstić information content (AvgIpc) is 2.78. The number of carbonyl (C=O) groups is 1. The fourth-order valence-electron chi connectivity index (χ4n) is 3.73. The van der Waals surface area contributed by atoms with Crippen LogP contribution in [0.5, 0.6) is 0 Å². The van der Waals surface area contributed by atoms with Crippen molar-refractivity contribution in [1.29, 1.82) is 0 Å². The minimum Gasteiger partial charge on any atom is -0.326 e. The first-order valence-corrected chi connectivity index (χ1v) is 12.8. The van der Waals surface area contributed by atoms with Crippen molar-refractivity contribution in [3.05, 3.63) is 71.8 Å². The molecule has 1 amide bonds. The van der Waals surface area contributed by atoms with Crippen molar-refractivity contribution < 1.29 is 13.2 Å². The molecule has 3 aromatic carbocycles. The molecule has 3 aromatic rings. The Morgan fingerprint density at radius 3 is 2.34 bits per heavy atom. The van der Waals surface area contributed by atoms with E-state index >= 15 is 0 Å². The van der Waals surface area contributed by atoms with Crippen molar-refractivity contribution in [2.24, 2.45) is 0 Å². The Bertz CT molecular complexity index is 1160. The number of benzene rings is 3. The van der Waals surface area contributed by atoms with Crippen LogP contribution in [0.4, 0.5) is 5.69 Å². The zero-order chi connectivity index (χ0) is 23.0. The first-order valence-electron chi connectivity index (χ1n) is 11.3. The second-order valence-electron chi connectivity index (χ2n) is 8.13. The highest BCUT2D eigenvalue weighted by Crippen LogP contribution is 2.25. The van der Waals surface area contributed by atoms with Crippen molar-refractivity contribution in [3.8, 4) is 0 Å². The molecule has 2 N–H and O–H groups in total. The van der Waals surface area contributed by atoms with E-state index in [1.165, 1.54) is 5.56 Å². The van der Waals surface area contributed by atoms with E-state index in [9.17, 15) is 13.2 Å². The number of carbonyl (C=O) groups excluding carboxylic acids is 1. The van der Waals surface area contributed by atoms with Crippen molar-refractivity contribution in [1.82, 2.24) is 4.72 Å². The predicted molar refractivity (Wildman–Crippen MR) is 131 cm³/mol. The summed E-state index contributed by atoms with van der Waals surface area (Å²) in [5.74, 6) is -0.0568. The number of amides is 1. The van der Waals surface area contributed by atoms with E-state index < -0.39 is 10.0 Å². The summed E-state index contributed by atoms with van der Waals surface area (Å²) in [5, 5.41) is 4.56. The van der Waals surface area contributed by atoms with Gasteiger partial charge >= 0.3 is 0 Å². The Kier molecular flexibility index (Phi) is 8.42. The smallest absolute Gasteiger partial charge is 0.241 e. The molecule has 0 saturated heterocycles. The van der Waals surface area contributed by atoms with E-state index in [1.807, 2.05) is 43.3 Å². The van der Waals surface area contributed by atoms with Crippen molar-refractivity contribution in [2.75, 3.05) is 11.9 Å². The molecule has 170 valence electrons. The summed E-state index contributed by atoms with van der Waals surface area (Å²) in [7, 11) is -3.61. The summed E-state index contributed by atoms with van der Waals surface area (Å²) >= 11 is 0. The van der Waals surface area contributed by atoms with Crippen LogP contribution in [0.15, 0.2) is 65.6 Å². The normalized spacial score (nSPS) is 11.6. The van der Waals surface area contributed by atoms with Crippen LogP contribution in [-0.2, 0) is 21.2 Å². The highest BCUT2D eigenvalue weighted by Gasteiger charge is 2.17. The number of fused-ring (bicyclic) bond motifs is 1. The van der Waals surface area contributed by atoms with Crippen LogP contribution in [0.2, 0.25) is 0 Å². The summed E-state index contributed by atoms with van der Waals surface area (Å²) < 4.78 is 28.3. The lowest BCUT2D eigenvalue weighted by Crippen LogP contribution is -2.25. The van der Waals surface area contributed by atoms with Gasteiger partial charge in [0.2, 0.25) is 15.9 Å². The quantitative estimate of drug-likeness (QED) is 0.373. The molecule has 0 aromatic heterocycles. The highest BCUT2D eigenvalue weighted by molar-refractivity contribution is 7.89. The van der Waals surface area contributed by atoms with E-state index in [-0.39, 0.29) is 5.91 Å². The van der Waals surface area contributed by atoms with Gasteiger partial charge in [-0.25, -0.2) is 13.1 Å². The molecule has 0 fully saturated rings. The number of aryl methyl sites for hydroxylation is 2. The molecule has 0 saturated carbocycles. The molecule has 0 aliphatic rings. The maximum absolute atomic E-state index is 12.8. The molecule has 0 aliphatic carbocycles. The van der Waals surface area contributed by atoms with Crippen LogP contribution >= 0.6 is 0 Å². The molecule has 0 bridgehead atoms. The predicted octanol–water partition coefficient (Wildman–Crippen LogP) is 5.58. The van der Waals surface area contributed by atoms with Gasteiger partial charge in [-0.3, -0.25) is 4.79 Å². The molecular formula is C26H32N2O3S. The number of anilines is 1. The van der Waals surface area contributed by atoms with Gasteiger partial charge < -0.3 is 5.32 Å². The summed E-state index contributed by atoms with van der Waals surface area (Å²) in [6.07, 6.45) is 4.93. The standard InChI is InChI=1S/C26H32N2O3S/c1-3-4-10-21-15-17-22(18-16-21)28-26(29)14-5-6-19-27-32(30,31)25-13-8-11-23-20(2)9-7-12-24(23)25/h7-9,11-13,15-18,27H,3-6,10,14,19H2,1-2H3,(H,28,29). The zero-order valence-electron chi connectivity index (χ0n) is 18.9. The molecule has 0 atom stereocenters. The van der Waals surface area contributed by atoms with E-state index in [0.29, 0.717) is 30.7 Å². The van der Waals surface area contributed by atoms with Gasteiger partial charge in [0.15, 0.2) is 0 Å². The minimum atomic E-state index is -3.61. The fraction of sp³-hybridized carbons (Fsp3) is 0.346. The van der Waals surface area contributed by atoms with Crippen LogP contribution in [0, 0.1) is 6.92 Å². The lowest BCUT2D eigenvalue weighted by atomic mass is 10.1. The van der Waals surface area contributed by atoms with Crippen LogP contribution in [0.3, 0.4) is 0 Å². The molecule has 6 heteroatoms. The van der Waals surface area contributed by atoms with Crippen molar-refractivity contribution in [3.63, 3.8) is 0 Å². The fourth-order valence-corrected chi connectivity index (χ4v) is 5.02. The van der Waals surface area contributed by atoms with Crippen molar-refractivity contribution >= 4 is 32.4 Å². The molecule has 0 spiro atoms. The molecule has 32 heavy (non-hydrogen) atoms. The molecule has 0 unspecified atom stereocenters. The monoisotopic (exact) mass is 452 g/mol. The first kappa shape index (κ1) is 24.0. The minimum absolute atomic E-state index is 0.0568. The molecule has 5 nitrogen and oxygen atoms in total. The van der Waals surface area contributed by atoms with E-state index in [2.05, 4.69) is 29.1 Å². The Labute approximate surface area is 191 Å². The van der Waals surface area contributed by atoms with Gasteiger partial charge in [-0.1, -0.05) is 55.8 Å². The third kappa shape index (κ3) is 6.40. The number of unbranched alkanes of at least 4 members (excludes halogenated alkanes) is 2. The van der Waals surface area contributed by atoms with Crippen LogP contribution in [-0.4, -0.2) is 20.9 Å². The summed E-state index contributed by atoms with van der Waals surface area (Å²) in [4.78, 5) is 12.5. The van der Waals surface area contributed by atoms with E-state index in [4.69, 9.17) is 0 Å². The summed E-state index contributed by atoms with van der Waals surface area (Å²) in [6, 6.07) is 19.0. The Hall–Kier alpha value is -2.70. The number of hydrogen-bond acceptors (Lipinski definition) is 3. The molecule has 0 heterocycles. The molecular weight excluding hydrogens is 420 g/mol. The van der Waals surface area contributed by atoms with E-state index in [0.717, 1.165) is 41.3 Å². The van der Waals surface area contributed by atoms with E-state index in [1.54, 1.807) is 12.1 Å². The average molecular weight is 453 g/mol. The molecule has 3 rings (SSSR count). The maximum atomic E-state index is 12.8. The van der Waals surface area contributed by atoms with Gasteiger partial charge in [0.25, 0.3) is 0 Å². The topological polar surface area (TPSA) is 75.3 Å². The second kappa shape index (κ2) is 11.2. The van der Waals surface area contributed by atoms with Crippen LogP contribution in [0.25, 0.3) is 10.8 Å². The largest absolute Gasteiger partial charge is 0.326 e. The summed E-state index contributed by atoms with van der Waals surface area (Å²) in [5.41, 5.74) is 3.11. The second-order valence-corrected chi connectivity index (χ2v) is 9.87. The van der Waals surface area contributed by atoms with Gasteiger partial charge in [-0.2, -0.15) is 0 Å². The highest BCUT2D eigenvalue weighted by atomic mass is 32.2. The van der Waals surface area contributed by atoms with Gasteiger partial charge in [0, 0.05) is 24.0 Å². The third-order valence-electron chi connectivity index (χ3n) is 5.57. The van der Waals surface area contributed by atoms with Crippen LogP contribution < -0.4 is 10.0 Å². The number of hydrogen-bond donors (Lipinski definition) is 2. The molecule has 0 aliphatic heterocycles. The zero-order valence-corrected chi connectivity index (χ0v) is 19.7. The summed E-state index contributed by atoms with van der Waals surface area (Å²) in [6.45, 7) is 4.44. The maximum Gasteiger partial charge on any atom is 0.241 e. The Morgan fingerprint density at radius 1 is 0.875 bits per heavy atom. The SMILES string of the molecule is CCCCc1ccc(NC(=O)CCCCNS(=O)(=O)c2cccc3c(C)cccc23)cc1. The van der Waals surface area contributed by atoms with Gasteiger partial charge in [0.05, 0.1) is 4.90 Å². The lowest BCUT2D eigenvalue weighted by molar-refractivity contribution is -0.116. The van der Waals surface area contributed by atoms with Crippen LogP contribution in [0.1, 0.15) is 50.2 Å². The Morgan fingerprint density at radius 2 is 1.59 bits per heavy atom. The van der Waals surface area contributed by atoms with Gasteiger partial charge in [-0.15, -0.1) is 0 Å². The van der Waals surface area contributed by atoms with Gasteiger partial charge in [0.1, 0.15) is 0 Å². The molecule has 0 radical (unpaired) electrons. The van der Waals surface area contributed by atoms with Crippen molar-refractivity contribution in [2.45, 2.75) is 57.3 Å². The first-order chi connectivity index (χ1) is 15.4. The third-order valence-corrected chi connectivity index (χ3v) is 7.09.